The maximum Gasteiger partial charge on any atom is 0.472 e. The zero-order chi connectivity index (χ0) is 79.7. The van der Waals surface area contributed by atoms with Crippen LogP contribution in [0.15, 0.2) is 0 Å². The van der Waals surface area contributed by atoms with Crippen LogP contribution in [-0.2, 0) is 65.4 Å². The molecular formula is C90H176O17P2. The molecule has 0 saturated heterocycles. The normalized spacial score (nSPS) is 13.9. The van der Waals surface area contributed by atoms with Gasteiger partial charge in [-0.15, -0.1) is 0 Å². The summed E-state index contributed by atoms with van der Waals surface area (Å²) in [5.41, 5.74) is 0. The van der Waals surface area contributed by atoms with Crippen molar-refractivity contribution in [1.29, 1.82) is 0 Å². The van der Waals surface area contributed by atoms with E-state index in [0.717, 1.165) is 95.8 Å². The second kappa shape index (κ2) is 82.6. The van der Waals surface area contributed by atoms with Gasteiger partial charge in [-0.05, 0) is 31.6 Å². The smallest absolute Gasteiger partial charge is 0.462 e. The van der Waals surface area contributed by atoms with Gasteiger partial charge in [0.15, 0.2) is 12.2 Å². The number of aliphatic hydroxyl groups excluding tert-OH is 1. The third-order valence-electron chi connectivity index (χ3n) is 21.6. The first-order valence-electron chi connectivity index (χ1n) is 46.7. The number of aliphatic hydroxyl groups is 1. The predicted molar refractivity (Wildman–Crippen MR) is 451 cm³/mol. The third-order valence-corrected chi connectivity index (χ3v) is 23.5. The van der Waals surface area contributed by atoms with Crippen LogP contribution in [0.25, 0.3) is 0 Å². The van der Waals surface area contributed by atoms with Crippen LogP contribution < -0.4 is 0 Å². The van der Waals surface area contributed by atoms with Crippen molar-refractivity contribution in [3.8, 4) is 0 Å². The monoisotopic (exact) mass is 1590 g/mol. The van der Waals surface area contributed by atoms with E-state index in [4.69, 9.17) is 37.0 Å². The first-order chi connectivity index (χ1) is 53.1. The molecule has 0 fully saturated rings. The molecule has 109 heavy (non-hydrogen) atoms. The van der Waals surface area contributed by atoms with Gasteiger partial charge in [-0.2, -0.15) is 0 Å². The van der Waals surface area contributed by atoms with Crippen LogP contribution in [0.5, 0.6) is 0 Å². The predicted octanol–water partition coefficient (Wildman–Crippen LogP) is 27.9. The summed E-state index contributed by atoms with van der Waals surface area (Å²) in [5.74, 6) is -1.24. The van der Waals surface area contributed by atoms with E-state index < -0.39 is 97.5 Å². The lowest BCUT2D eigenvalue weighted by atomic mass is 9.99. The fourth-order valence-electron chi connectivity index (χ4n) is 14.1. The summed E-state index contributed by atoms with van der Waals surface area (Å²) in [6.45, 7) is 7.45. The minimum atomic E-state index is -4.97. The average molecular weight is 1590 g/mol. The SMILES string of the molecule is CCCCCCCCCCCCCCCCCCCCCCCCC(=O)O[C@H](COC(=O)CCCCCCCCCCCCCCCCC(C)CC)COP(=O)(O)OC[C@@H](O)COP(=O)(O)OC[C@@H](COC(=O)CCCCCCCCCCCCCCC)OC(=O)CCCCCCCCCCCCCCCCCC. The molecule has 6 atom stereocenters. The number of rotatable bonds is 90. The molecule has 0 spiro atoms. The Kier molecular flexibility index (Phi) is 81.1. The number of ether oxygens (including phenoxy) is 4. The minimum absolute atomic E-state index is 0.109. The molecule has 0 bridgehead atoms. The first kappa shape index (κ1) is 107. The summed E-state index contributed by atoms with van der Waals surface area (Å²) >= 11 is 0. The van der Waals surface area contributed by atoms with Crippen LogP contribution in [0.3, 0.4) is 0 Å². The van der Waals surface area contributed by atoms with Crippen LogP contribution in [0.1, 0.15) is 490 Å². The highest BCUT2D eigenvalue weighted by atomic mass is 31.2. The quantitative estimate of drug-likeness (QED) is 0.0222. The molecule has 0 aliphatic rings. The van der Waals surface area contributed by atoms with Gasteiger partial charge < -0.3 is 33.8 Å². The van der Waals surface area contributed by atoms with E-state index >= 15 is 0 Å². The molecule has 3 N–H and O–H groups in total. The van der Waals surface area contributed by atoms with Gasteiger partial charge in [-0.3, -0.25) is 37.3 Å². The Hall–Kier alpha value is -1.94. The Bertz CT molecular complexity index is 2070. The van der Waals surface area contributed by atoms with Crippen molar-refractivity contribution < 1.29 is 80.2 Å². The van der Waals surface area contributed by atoms with E-state index in [0.29, 0.717) is 25.7 Å². The van der Waals surface area contributed by atoms with Gasteiger partial charge in [-0.25, -0.2) is 9.13 Å². The van der Waals surface area contributed by atoms with Gasteiger partial charge >= 0.3 is 39.5 Å². The second-order valence-corrected chi connectivity index (χ2v) is 35.5. The van der Waals surface area contributed by atoms with E-state index in [9.17, 15) is 43.2 Å². The summed E-state index contributed by atoms with van der Waals surface area (Å²) in [5, 5.41) is 10.7. The summed E-state index contributed by atoms with van der Waals surface area (Å²) < 4.78 is 69.1. The van der Waals surface area contributed by atoms with Crippen LogP contribution >= 0.6 is 15.6 Å². The highest BCUT2D eigenvalue weighted by molar-refractivity contribution is 7.47. The molecule has 0 heterocycles. The van der Waals surface area contributed by atoms with Crippen LogP contribution in [0.2, 0.25) is 0 Å². The van der Waals surface area contributed by atoms with Gasteiger partial charge in [0.1, 0.15) is 19.3 Å². The van der Waals surface area contributed by atoms with Gasteiger partial charge in [0.2, 0.25) is 0 Å². The van der Waals surface area contributed by atoms with E-state index in [1.54, 1.807) is 0 Å². The molecule has 0 aliphatic heterocycles. The van der Waals surface area contributed by atoms with E-state index in [1.807, 2.05) is 0 Å². The zero-order valence-electron chi connectivity index (χ0n) is 71.7. The molecule has 0 aromatic carbocycles. The number of hydrogen-bond donors (Lipinski definition) is 3. The summed E-state index contributed by atoms with van der Waals surface area (Å²) in [7, 11) is -9.93. The Labute approximate surface area is 670 Å². The van der Waals surface area contributed by atoms with Gasteiger partial charge in [0.25, 0.3) is 0 Å². The lowest BCUT2D eigenvalue weighted by Crippen LogP contribution is -2.30. The largest absolute Gasteiger partial charge is 0.472 e. The van der Waals surface area contributed by atoms with Crippen molar-refractivity contribution in [1.82, 2.24) is 0 Å². The number of unbranched alkanes of at least 4 members (excludes halogenated alkanes) is 61. The highest BCUT2D eigenvalue weighted by Crippen LogP contribution is 2.45. The summed E-state index contributed by atoms with van der Waals surface area (Å²) in [6, 6.07) is 0. The second-order valence-electron chi connectivity index (χ2n) is 32.6. The van der Waals surface area contributed by atoms with E-state index in [2.05, 4.69) is 34.6 Å². The topological polar surface area (TPSA) is 237 Å². The fraction of sp³-hybridized carbons (Fsp3) is 0.956. The number of esters is 4. The fourth-order valence-corrected chi connectivity index (χ4v) is 15.7. The minimum Gasteiger partial charge on any atom is -0.462 e. The number of phosphoric ester groups is 2. The van der Waals surface area contributed by atoms with Crippen molar-refractivity contribution in [2.75, 3.05) is 39.6 Å². The summed E-state index contributed by atoms with van der Waals surface area (Å²) in [6.07, 6.45) is 77.7. The zero-order valence-corrected chi connectivity index (χ0v) is 73.5. The molecule has 0 saturated carbocycles. The molecule has 0 radical (unpaired) electrons. The molecule has 19 heteroatoms. The molecule has 0 aliphatic carbocycles. The molecule has 0 rings (SSSR count). The van der Waals surface area contributed by atoms with Crippen LogP contribution in [0.4, 0.5) is 0 Å². The van der Waals surface area contributed by atoms with Crippen molar-refractivity contribution in [3.63, 3.8) is 0 Å². The highest BCUT2D eigenvalue weighted by Gasteiger charge is 2.31. The third kappa shape index (κ3) is 82.4. The Morgan fingerprint density at radius 3 is 0.651 bits per heavy atom. The van der Waals surface area contributed by atoms with Crippen molar-refractivity contribution in [3.05, 3.63) is 0 Å². The number of carbonyl (C=O) groups is 4. The lowest BCUT2D eigenvalue weighted by molar-refractivity contribution is -0.161. The summed E-state index contributed by atoms with van der Waals surface area (Å²) in [4.78, 5) is 73.4. The number of hydrogen-bond acceptors (Lipinski definition) is 15. The maximum absolute atomic E-state index is 13.2. The molecule has 648 valence electrons. The molecule has 17 nitrogen and oxygen atoms in total. The van der Waals surface area contributed by atoms with Crippen molar-refractivity contribution in [2.45, 2.75) is 509 Å². The van der Waals surface area contributed by atoms with E-state index in [-0.39, 0.29) is 25.7 Å². The van der Waals surface area contributed by atoms with Crippen molar-refractivity contribution >= 4 is 39.5 Å². The van der Waals surface area contributed by atoms with Gasteiger partial charge in [0.05, 0.1) is 26.4 Å². The average Bonchev–Trinajstić information content (AvgIpc) is 0.917. The molecular weight excluding hydrogens is 1410 g/mol. The molecule has 0 amide bonds. The lowest BCUT2D eigenvalue weighted by Gasteiger charge is -2.21. The molecule has 0 aromatic heterocycles. The standard InChI is InChI=1S/C90H176O17P2/c1-6-10-13-16-19-22-25-28-30-32-33-34-35-36-37-39-46-51-56-61-66-71-76-90(95)107-86(80-101-88(93)74-69-64-59-54-49-44-41-40-43-47-52-57-62-67-72-83(5)9-4)82-105-109(98,99)103-78-84(91)77-102-108(96,97)104-81-85(79-100-87(92)73-68-63-58-53-48-42-27-24-21-18-15-12-8-3)106-89(94)75-70-65-60-55-50-45-38-31-29-26-23-20-17-14-11-7-2/h83-86,91H,6-82H2,1-5H3,(H,96,97)(H,98,99)/t83?,84-,85+,86+/m0/s1. The maximum atomic E-state index is 13.2. The van der Waals surface area contributed by atoms with E-state index in [1.165, 1.54) is 315 Å². The Morgan fingerprint density at radius 2 is 0.440 bits per heavy atom. The van der Waals surface area contributed by atoms with Gasteiger partial charge in [-0.1, -0.05) is 439 Å². The molecule has 3 unspecified atom stereocenters. The van der Waals surface area contributed by atoms with Crippen LogP contribution in [-0.4, -0.2) is 96.7 Å². The Balaban J connectivity index is 5.25. The number of carbonyl (C=O) groups excluding carboxylic acids is 4. The first-order valence-corrected chi connectivity index (χ1v) is 49.7. The van der Waals surface area contributed by atoms with Crippen molar-refractivity contribution in [2.24, 2.45) is 5.92 Å². The van der Waals surface area contributed by atoms with Crippen LogP contribution in [0, 0.1) is 5.92 Å². The Morgan fingerprint density at radius 1 is 0.257 bits per heavy atom. The number of phosphoric acid groups is 2. The molecule has 0 aromatic rings. The van der Waals surface area contributed by atoms with Gasteiger partial charge in [0, 0.05) is 25.7 Å².